The molecule has 3 nitrogen and oxygen atoms in total. The Morgan fingerprint density at radius 2 is 2.00 bits per heavy atom. The number of rotatable bonds is 4. The van der Waals surface area contributed by atoms with Crippen LogP contribution in [0.25, 0.3) is 0 Å². The van der Waals surface area contributed by atoms with Crippen molar-refractivity contribution in [2.45, 2.75) is 44.1 Å². The van der Waals surface area contributed by atoms with Gasteiger partial charge in [0.25, 0.3) is 5.92 Å². The summed E-state index contributed by atoms with van der Waals surface area (Å²) in [6, 6.07) is 2.02. The molecule has 0 aromatic rings. The molecule has 1 fully saturated rings. The lowest BCUT2D eigenvalue weighted by atomic mass is 9.96. The summed E-state index contributed by atoms with van der Waals surface area (Å²) in [5.74, 6) is -3.27. The molecule has 0 amide bonds. The molecule has 0 aromatic carbocycles. The number of nitrogens with zero attached hydrogens (tertiary/aromatic N) is 1. The monoisotopic (exact) mass is 232 g/mol. The van der Waals surface area contributed by atoms with Crippen molar-refractivity contribution < 1.29 is 13.9 Å². The van der Waals surface area contributed by atoms with E-state index in [4.69, 9.17) is 10.4 Å². The minimum Gasteiger partial charge on any atom is -0.390 e. The van der Waals surface area contributed by atoms with Gasteiger partial charge in [-0.2, -0.15) is 5.26 Å². The number of aliphatic hydroxyl groups is 1. The van der Waals surface area contributed by atoms with Gasteiger partial charge in [0.05, 0.1) is 18.5 Å². The second-order valence-electron chi connectivity index (χ2n) is 4.38. The van der Waals surface area contributed by atoms with E-state index >= 15 is 0 Å². The largest absolute Gasteiger partial charge is 0.390 e. The topological polar surface area (TPSA) is 56.0 Å². The molecule has 0 aromatic heterocycles. The molecular formula is C11H18F2N2O. The third-order valence-corrected chi connectivity index (χ3v) is 3.04. The molecule has 1 saturated carbocycles. The first-order valence-electron chi connectivity index (χ1n) is 5.71. The van der Waals surface area contributed by atoms with Gasteiger partial charge in [-0.3, -0.25) is 0 Å². The summed E-state index contributed by atoms with van der Waals surface area (Å²) in [6.07, 6.45) is 4.57. The fourth-order valence-corrected chi connectivity index (χ4v) is 2.04. The van der Waals surface area contributed by atoms with Crippen LogP contribution in [0.4, 0.5) is 8.78 Å². The third kappa shape index (κ3) is 4.03. The molecule has 0 spiro atoms. The molecule has 0 aliphatic heterocycles. The Bertz CT molecular complexity index is 253. The number of alkyl halides is 2. The molecule has 1 rings (SSSR count). The van der Waals surface area contributed by atoms with Crippen LogP contribution in [0.5, 0.6) is 0 Å². The maximum absolute atomic E-state index is 12.8. The molecule has 16 heavy (non-hydrogen) atoms. The van der Waals surface area contributed by atoms with E-state index in [-0.39, 0.29) is 12.0 Å². The Morgan fingerprint density at radius 1 is 1.31 bits per heavy atom. The van der Waals surface area contributed by atoms with E-state index in [9.17, 15) is 8.78 Å². The molecule has 0 saturated heterocycles. The van der Waals surface area contributed by atoms with Crippen LogP contribution in [0.1, 0.15) is 32.1 Å². The van der Waals surface area contributed by atoms with Crippen LogP contribution in [0.3, 0.4) is 0 Å². The normalized spacial score (nSPS) is 27.1. The predicted octanol–water partition coefficient (Wildman–Crippen LogP) is 1.68. The van der Waals surface area contributed by atoms with Crippen molar-refractivity contribution in [2.24, 2.45) is 5.92 Å². The minimum atomic E-state index is -3.09. The lowest BCUT2D eigenvalue weighted by Gasteiger charge is -2.23. The number of hydrogen-bond donors (Lipinski definition) is 2. The second kappa shape index (κ2) is 6.12. The van der Waals surface area contributed by atoms with Gasteiger partial charge < -0.3 is 10.4 Å². The van der Waals surface area contributed by atoms with Crippen molar-refractivity contribution in [3.8, 4) is 6.07 Å². The molecule has 2 N–H and O–H groups in total. The first-order chi connectivity index (χ1) is 7.59. The van der Waals surface area contributed by atoms with Crippen molar-refractivity contribution in [3.05, 3.63) is 0 Å². The quantitative estimate of drug-likeness (QED) is 0.725. The van der Waals surface area contributed by atoms with Crippen molar-refractivity contribution in [1.82, 2.24) is 5.32 Å². The summed E-state index contributed by atoms with van der Waals surface area (Å²) in [5.41, 5.74) is 0. The summed E-state index contributed by atoms with van der Waals surface area (Å²) in [4.78, 5) is 0. The molecule has 1 aliphatic rings. The van der Waals surface area contributed by atoms with Gasteiger partial charge in [-0.1, -0.05) is 19.3 Å². The van der Waals surface area contributed by atoms with Gasteiger partial charge in [-0.25, -0.2) is 8.78 Å². The van der Waals surface area contributed by atoms with E-state index in [1.807, 2.05) is 0 Å². The van der Waals surface area contributed by atoms with Crippen LogP contribution >= 0.6 is 0 Å². The summed E-state index contributed by atoms with van der Waals surface area (Å²) in [7, 11) is 0. The van der Waals surface area contributed by atoms with E-state index in [1.165, 1.54) is 0 Å². The van der Waals surface area contributed by atoms with Gasteiger partial charge in [0.1, 0.15) is 6.61 Å². The Hall–Kier alpha value is -0.730. The van der Waals surface area contributed by atoms with Crippen LogP contribution in [-0.4, -0.2) is 30.2 Å². The molecule has 2 atom stereocenters. The van der Waals surface area contributed by atoms with E-state index in [0.717, 1.165) is 32.1 Å². The zero-order chi connectivity index (χ0) is 12.0. The highest BCUT2D eigenvalue weighted by atomic mass is 19.3. The third-order valence-electron chi connectivity index (χ3n) is 3.04. The highest BCUT2D eigenvalue weighted by molar-refractivity contribution is 4.94. The Balaban J connectivity index is 2.46. The van der Waals surface area contributed by atoms with Gasteiger partial charge in [0.2, 0.25) is 0 Å². The Morgan fingerprint density at radius 3 is 2.62 bits per heavy atom. The fraction of sp³-hybridized carbons (Fsp3) is 0.909. The van der Waals surface area contributed by atoms with Crippen LogP contribution in [0.15, 0.2) is 0 Å². The number of aliphatic hydroxyl groups excluding tert-OH is 1. The molecule has 92 valence electrons. The zero-order valence-electron chi connectivity index (χ0n) is 9.25. The predicted molar refractivity (Wildman–Crippen MR) is 56.0 cm³/mol. The van der Waals surface area contributed by atoms with Crippen LogP contribution in [-0.2, 0) is 0 Å². The van der Waals surface area contributed by atoms with Crippen molar-refractivity contribution >= 4 is 0 Å². The van der Waals surface area contributed by atoms with E-state index in [2.05, 4.69) is 11.4 Å². The first-order valence-corrected chi connectivity index (χ1v) is 5.71. The van der Waals surface area contributed by atoms with Gasteiger partial charge in [0, 0.05) is 6.04 Å². The number of nitriles is 1. The molecule has 5 heteroatoms. The smallest absolute Gasteiger partial charge is 0.282 e. The average molecular weight is 232 g/mol. The summed E-state index contributed by atoms with van der Waals surface area (Å²) in [5, 5.41) is 20.1. The molecular weight excluding hydrogens is 214 g/mol. The average Bonchev–Trinajstić information content (AvgIpc) is 2.51. The maximum atomic E-state index is 12.8. The zero-order valence-corrected chi connectivity index (χ0v) is 9.25. The highest BCUT2D eigenvalue weighted by Gasteiger charge is 2.31. The molecule has 0 radical (unpaired) electrons. The lowest BCUT2D eigenvalue weighted by molar-refractivity contribution is -0.0501. The maximum Gasteiger partial charge on any atom is 0.282 e. The molecule has 1 aliphatic carbocycles. The number of nitrogens with one attached hydrogen (secondary N) is 1. The molecule has 0 bridgehead atoms. The van der Waals surface area contributed by atoms with Gasteiger partial charge in [-0.05, 0) is 12.8 Å². The number of hydrogen-bond acceptors (Lipinski definition) is 3. The molecule has 0 heterocycles. The van der Waals surface area contributed by atoms with E-state index in [0.29, 0.717) is 0 Å². The van der Waals surface area contributed by atoms with Crippen molar-refractivity contribution in [1.29, 1.82) is 5.26 Å². The Labute approximate surface area is 94.5 Å². The van der Waals surface area contributed by atoms with Gasteiger partial charge in [-0.15, -0.1) is 0 Å². The van der Waals surface area contributed by atoms with Crippen molar-refractivity contribution in [3.63, 3.8) is 0 Å². The summed E-state index contributed by atoms with van der Waals surface area (Å²) >= 11 is 0. The fourth-order valence-electron chi connectivity index (χ4n) is 2.04. The van der Waals surface area contributed by atoms with Crippen LogP contribution < -0.4 is 5.32 Å². The van der Waals surface area contributed by atoms with E-state index in [1.54, 1.807) is 0 Å². The van der Waals surface area contributed by atoms with Crippen LogP contribution in [0.2, 0.25) is 0 Å². The van der Waals surface area contributed by atoms with Gasteiger partial charge in [0.15, 0.2) is 0 Å². The highest BCUT2D eigenvalue weighted by Crippen LogP contribution is 2.23. The standard InChI is InChI=1S/C11H18F2N2O/c12-11(13,8-16)7-15-10-5-3-1-2-4-9(10)6-14/h9-10,15-16H,1-5,7-8H2. The SMILES string of the molecule is N#CC1CCCCCC1NCC(F)(F)CO. The Kier molecular flexibility index (Phi) is 5.10. The summed E-state index contributed by atoms with van der Waals surface area (Å²) < 4.78 is 25.7. The van der Waals surface area contributed by atoms with Crippen molar-refractivity contribution in [2.75, 3.05) is 13.2 Å². The number of halogens is 2. The van der Waals surface area contributed by atoms with Gasteiger partial charge >= 0.3 is 0 Å². The first kappa shape index (κ1) is 13.3. The lowest BCUT2D eigenvalue weighted by Crippen LogP contribution is -2.43. The summed E-state index contributed by atoms with van der Waals surface area (Å²) in [6.45, 7) is -1.70. The minimum absolute atomic E-state index is 0.162. The molecule has 2 unspecified atom stereocenters. The van der Waals surface area contributed by atoms with E-state index < -0.39 is 19.1 Å². The second-order valence-corrected chi connectivity index (χ2v) is 4.38. The van der Waals surface area contributed by atoms with Crippen LogP contribution in [0, 0.1) is 17.2 Å².